The third-order valence-corrected chi connectivity index (χ3v) is 3.10. The van der Waals surface area contributed by atoms with Crippen LogP contribution in [0.25, 0.3) is 0 Å². The normalized spacial score (nSPS) is 16.8. The van der Waals surface area contributed by atoms with Crippen molar-refractivity contribution < 1.29 is 9.90 Å². The molecular formula is C11H17N3O2. The summed E-state index contributed by atoms with van der Waals surface area (Å²) in [6.45, 7) is 0.931. The third-order valence-electron chi connectivity index (χ3n) is 3.10. The second-order valence-electron chi connectivity index (χ2n) is 4.48. The van der Waals surface area contributed by atoms with E-state index in [2.05, 4.69) is 10.3 Å². The third kappa shape index (κ3) is 3.05. The van der Waals surface area contributed by atoms with E-state index >= 15 is 0 Å². The SMILES string of the molecule is O=C(O)CCc1cn(CC2CCCC2)nn1. The van der Waals surface area contributed by atoms with Crippen LogP contribution in [-0.4, -0.2) is 26.1 Å². The molecule has 1 aromatic rings. The lowest BCUT2D eigenvalue weighted by Crippen LogP contribution is -2.07. The molecule has 0 spiro atoms. The quantitative estimate of drug-likeness (QED) is 0.821. The maximum absolute atomic E-state index is 10.4. The van der Waals surface area contributed by atoms with Crippen LogP contribution in [-0.2, 0) is 17.8 Å². The molecule has 0 bridgehead atoms. The number of hydrogen-bond acceptors (Lipinski definition) is 3. The van der Waals surface area contributed by atoms with Gasteiger partial charge in [0.2, 0.25) is 0 Å². The fourth-order valence-electron chi connectivity index (χ4n) is 2.23. The van der Waals surface area contributed by atoms with Gasteiger partial charge in [-0.25, -0.2) is 0 Å². The molecule has 88 valence electrons. The van der Waals surface area contributed by atoms with Crippen LogP contribution >= 0.6 is 0 Å². The summed E-state index contributed by atoms with van der Waals surface area (Å²) in [5, 5.41) is 16.6. The van der Waals surface area contributed by atoms with Crippen molar-refractivity contribution in [2.75, 3.05) is 0 Å². The van der Waals surface area contributed by atoms with Crippen molar-refractivity contribution in [1.82, 2.24) is 15.0 Å². The molecule has 1 N–H and O–H groups in total. The van der Waals surface area contributed by atoms with Gasteiger partial charge < -0.3 is 5.11 Å². The average molecular weight is 223 g/mol. The van der Waals surface area contributed by atoms with Gasteiger partial charge in [0.15, 0.2) is 0 Å². The first-order valence-electron chi connectivity index (χ1n) is 5.85. The molecule has 0 saturated heterocycles. The van der Waals surface area contributed by atoms with Crippen molar-refractivity contribution in [1.29, 1.82) is 0 Å². The molecule has 1 aliphatic carbocycles. The van der Waals surface area contributed by atoms with Crippen LogP contribution in [0.15, 0.2) is 6.20 Å². The summed E-state index contributed by atoms with van der Waals surface area (Å²) >= 11 is 0. The highest BCUT2D eigenvalue weighted by Crippen LogP contribution is 2.25. The zero-order chi connectivity index (χ0) is 11.4. The van der Waals surface area contributed by atoms with Crippen molar-refractivity contribution in [3.05, 3.63) is 11.9 Å². The van der Waals surface area contributed by atoms with Gasteiger partial charge in [-0.3, -0.25) is 9.48 Å². The number of aliphatic carboxylic acids is 1. The molecule has 1 saturated carbocycles. The Morgan fingerprint density at radius 1 is 1.50 bits per heavy atom. The molecule has 0 amide bonds. The molecule has 0 radical (unpaired) electrons. The van der Waals surface area contributed by atoms with Crippen molar-refractivity contribution in [2.45, 2.75) is 45.1 Å². The minimum atomic E-state index is -0.787. The van der Waals surface area contributed by atoms with E-state index < -0.39 is 5.97 Å². The summed E-state index contributed by atoms with van der Waals surface area (Å²) in [7, 11) is 0. The monoisotopic (exact) mass is 223 g/mol. The van der Waals surface area contributed by atoms with Gasteiger partial charge in [-0.15, -0.1) is 5.10 Å². The zero-order valence-electron chi connectivity index (χ0n) is 9.30. The van der Waals surface area contributed by atoms with E-state index in [1.54, 1.807) is 0 Å². The van der Waals surface area contributed by atoms with Crippen LogP contribution < -0.4 is 0 Å². The Labute approximate surface area is 94.5 Å². The largest absolute Gasteiger partial charge is 0.481 e. The van der Waals surface area contributed by atoms with E-state index in [1.165, 1.54) is 25.7 Å². The van der Waals surface area contributed by atoms with Gasteiger partial charge in [0.1, 0.15) is 0 Å². The van der Waals surface area contributed by atoms with Crippen LogP contribution in [0.5, 0.6) is 0 Å². The Morgan fingerprint density at radius 2 is 2.25 bits per heavy atom. The number of carbonyl (C=O) groups is 1. The Balaban J connectivity index is 1.84. The lowest BCUT2D eigenvalue weighted by Gasteiger charge is -2.06. The van der Waals surface area contributed by atoms with Gasteiger partial charge in [-0.05, 0) is 18.8 Å². The molecule has 5 heteroatoms. The van der Waals surface area contributed by atoms with Crippen LogP contribution in [0.2, 0.25) is 0 Å². The van der Waals surface area contributed by atoms with Gasteiger partial charge in [-0.2, -0.15) is 0 Å². The highest BCUT2D eigenvalue weighted by Gasteiger charge is 2.16. The lowest BCUT2D eigenvalue weighted by molar-refractivity contribution is -0.136. The zero-order valence-corrected chi connectivity index (χ0v) is 9.30. The fraction of sp³-hybridized carbons (Fsp3) is 0.727. The maximum atomic E-state index is 10.4. The Kier molecular flexibility index (Phi) is 3.54. The fourth-order valence-corrected chi connectivity index (χ4v) is 2.23. The highest BCUT2D eigenvalue weighted by molar-refractivity contribution is 5.66. The number of hydrogen-bond donors (Lipinski definition) is 1. The number of carboxylic acids is 1. The number of nitrogens with zero attached hydrogens (tertiary/aromatic N) is 3. The molecule has 1 heterocycles. The average Bonchev–Trinajstić information content (AvgIpc) is 2.87. The van der Waals surface area contributed by atoms with Gasteiger partial charge in [-0.1, -0.05) is 18.1 Å². The first-order chi connectivity index (χ1) is 7.74. The predicted octanol–water partition coefficient (Wildman–Crippen LogP) is 1.49. The highest BCUT2D eigenvalue weighted by atomic mass is 16.4. The topological polar surface area (TPSA) is 68.0 Å². The minimum Gasteiger partial charge on any atom is -0.481 e. The molecule has 0 aromatic carbocycles. The van der Waals surface area contributed by atoms with Crippen LogP contribution in [0, 0.1) is 5.92 Å². The summed E-state index contributed by atoms with van der Waals surface area (Å²) < 4.78 is 1.85. The van der Waals surface area contributed by atoms with Crippen molar-refractivity contribution >= 4 is 5.97 Å². The molecule has 0 aliphatic heterocycles. The summed E-state index contributed by atoms with van der Waals surface area (Å²) in [6.07, 6.45) is 7.69. The summed E-state index contributed by atoms with van der Waals surface area (Å²) in [4.78, 5) is 10.4. The van der Waals surface area contributed by atoms with Crippen molar-refractivity contribution in [3.63, 3.8) is 0 Å². The first kappa shape index (κ1) is 11.1. The standard InChI is InChI=1S/C11H17N3O2/c15-11(16)6-5-10-8-14(13-12-10)7-9-3-1-2-4-9/h8-9H,1-7H2,(H,15,16). The van der Waals surface area contributed by atoms with Crippen LogP contribution in [0.3, 0.4) is 0 Å². The molecule has 2 rings (SSSR count). The van der Waals surface area contributed by atoms with Gasteiger partial charge >= 0.3 is 5.97 Å². The van der Waals surface area contributed by atoms with E-state index in [4.69, 9.17) is 5.11 Å². The van der Waals surface area contributed by atoms with Crippen LogP contribution in [0.4, 0.5) is 0 Å². The van der Waals surface area contributed by atoms with Gasteiger partial charge in [0, 0.05) is 19.2 Å². The lowest BCUT2D eigenvalue weighted by atomic mass is 10.1. The van der Waals surface area contributed by atoms with E-state index in [9.17, 15) is 4.79 Å². The number of carboxylic acid groups (broad SMARTS) is 1. The second kappa shape index (κ2) is 5.09. The summed E-state index contributed by atoms with van der Waals surface area (Å²) in [5.74, 6) is -0.0561. The van der Waals surface area contributed by atoms with Gasteiger partial charge in [0.25, 0.3) is 0 Å². The molecule has 5 nitrogen and oxygen atoms in total. The van der Waals surface area contributed by atoms with Crippen LogP contribution in [0.1, 0.15) is 37.8 Å². The van der Waals surface area contributed by atoms with E-state index in [0.717, 1.165) is 18.2 Å². The Morgan fingerprint density at radius 3 is 2.94 bits per heavy atom. The number of aryl methyl sites for hydroxylation is 1. The molecule has 1 aliphatic rings. The number of aromatic nitrogens is 3. The molecule has 16 heavy (non-hydrogen) atoms. The smallest absolute Gasteiger partial charge is 0.303 e. The Hall–Kier alpha value is -1.39. The summed E-state index contributed by atoms with van der Waals surface area (Å²) in [5.41, 5.74) is 0.778. The molecular weight excluding hydrogens is 206 g/mol. The molecule has 0 unspecified atom stereocenters. The predicted molar refractivity (Wildman–Crippen MR) is 57.9 cm³/mol. The van der Waals surface area contributed by atoms with Gasteiger partial charge in [0.05, 0.1) is 12.1 Å². The first-order valence-corrected chi connectivity index (χ1v) is 5.85. The number of rotatable bonds is 5. The molecule has 1 aromatic heterocycles. The summed E-state index contributed by atoms with van der Waals surface area (Å²) in [6, 6.07) is 0. The maximum Gasteiger partial charge on any atom is 0.303 e. The second-order valence-corrected chi connectivity index (χ2v) is 4.48. The van der Waals surface area contributed by atoms with Crippen molar-refractivity contribution in [3.8, 4) is 0 Å². The molecule has 0 atom stereocenters. The van der Waals surface area contributed by atoms with E-state index in [1.807, 2.05) is 10.9 Å². The van der Waals surface area contributed by atoms with E-state index in [-0.39, 0.29) is 6.42 Å². The minimum absolute atomic E-state index is 0.127. The molecule has 1 fully saturated rings. The van der Waals surface area contributed by atoms with E-state index in [0.29, 0.717) is 6.42 Å². The van der Waals surface area contributed by atoms with Crippen molar-refractivity contribution in [2.24, 2.45) is 5.92 Å². The Bertz CT molecular complexity index is 356.